The second-order valence-electron chi connectivity index (χ2n) is 5.05. The normalized spacial score (nSPS) is 11.5. The predicted octanol–water partition coefficient (Wildman–Crippen LogP) is 4.14. The maximum Gasteiger partial charge on any atom is 0.416 e. The van der Waals surface area contributed by atoms with Crippen LogP contribution in [0.15, 0.2) is 55.0 Å². The van der Waals surface area contributed by atoms with Gasteiger partial charge in [0.1, 0.15) is 12.4 Å². The molecule has 1 aromatic carbocycles. The van der Waals surface area contributed by atoms with Crippen LogP contribution in [0.1, 0.15) is 5.56 Å². The molecule has 1 N–H and O–H groups in total. The molecule has 0 spiro atoms. The Hall–Kier alpha value is -2.83. The molecule has 0 radical (unpaired) electrons. The van der Waals surface area contributed by atoms with E-state index in [2.05, 4.69) is 15.3 Å². The number of ether oxygens (including phenoxy) is 1. The minimum Gasteiger partial charge on any atom is -0.490 e. The molecule has 0 atom stereocenters. The van der Waals surface area contributed by atoms with E-state index in [4.69, 9.17) is 4.74 Å². The van der Waals surface area contributed by atoms with E-state index < -0.39 is 11.7 Å². The van der Waals surface area contributed by atoms with Crippen LogP contribution in [0.5, 0.6) is 5.75 Å². The lowest BCUT2D eigenvalue weighted by molar-refractivity contribution is -0.137. The Labute approximate surface area is 136 Å². The van der Waals surface area contributed by atoms with E-state index in [0.717, 1.165) is 12.1 Å². The van der Waals surface area contributed by atoms with Crippen LogP contribution in [-0.4, -0.2) is 23.1 Å². The Kier molecular flexibility index (Phi) is 4.50. The van der Waals surface area contributed by atoms with Gasteiger partial charge in [0.05, 0.1) is 17.3 Å². The van der Waals surface area contributed by atoms with Crippen molar-refractivity contribution in [1.82, 2.24) is 9.97 Å². The van der Waals surface area contributed by atoms with Crippen LogP contribution in [0.4, 0.5) is 18.9 Å². The Morgan fingerprint density at radius 1 is 1.08 bits per heavy atom. The first-order valence-corrected chi connectivity index (χ1v) is 7.27. The van der Waals surface area contributed by atoms with Crippen LogP contribution in [0.3, 0.4) is 0 Å². The van der Waals surface area contributed by atoms with Gasteiger partial charge in [-0.25, -0.2) is 0 Å². The van der Waals surface area contributed by atoms with Gasteiger partial charge in [-0.1, -0.05) is 6.07 Å². The molecule has 0 fully saturated rings. The van der Waals surface area contributed by atoms with Crippen LogP contribution < -0.4 is 10.1 Å². The van der Waals surface area contributed by atoms with E-state index in [1.165, 1.54) is 12.3 Å². The average Bonchev–Trinajstić information content (AvgIpc) is 2.58. The zero-order valence-electron chi connectivity index (χ0n) is 12.5. The van der Waals surface area contributed by atoms with Crippen LogP contribution >= 0.6 is 0 Å². The number of nitrogens with zero attached hydrogens (tertiary/aromatic N) is 2. The molecule has 4 nitrogen and oxygen atoms in total. The molecular weight excluding hydrogens is 319 g/mol. The van der Waals surface area contributed by atoms with Crippen molar-refractivity contribution in [2.24, 2.45) is 0 Å². The first-order chi connectivity index (χ1) is 11.5. The fourth-order valence-corrected chi connectivity index (χ4v) is 2.27. The van der Waals surface area contributed by atoms with E-state index in [1.807, 2.05) is 0 Å². The van der Waals surface area contributed by atoms with E-state index >= 15 is 0 Å². The van der Waals surface area contributed by atoms with Crippen LogP contribution in [0.2, 0.25) is 0 Å². The summed E-state index contributed by atoms with van der Waals surface area (Å²) < 4.78 is 43.8. The third kappa shape index (κ3) is 3.73. The molecule has 3 rings (SSSR count). The molecule has 0 saturated heterocycles. The van der Waals surface area contributed by atoms with Crippen LogP contribution in [0, 0.1) is 0 Å². The van der Waals surface area contributed by atoms with Gasteiger partial charge in [-0.05, 0) is 30.3 Å². The lowest BCUT2D eigenvalue weighted by Crippen LogP contribution is -2.12. The summed E-state index contributed by atoms with van der Waals surface area (Å²) in [6, 6.07) is 8.83. The van der Waals surface area contributed by atoms with Gasteiger partial charge in [-0.15, -0.1) is 0 Å². The van der Waals surface area contributed by atoms with Crippen molar-refractivity contribution in [3.05, 3.63) is 60.6 Å². The van der Waals surface area contributed by atoms with Gasteiger partial charge in [0.2, 0.25) is 0 Å². The highest BCUT2D eigenvalue weighted by Gasteiger charge is 2.30. The highest BCUT2D eigenvalue weighted by molar-refractivity contribution is 5.91. The number of halogens is 3. The summed E-state index contributed by atoms with van der Waals surface area (Å²) in [5.74, 6) is 0.661. The molecule has 0 bridgehead atoms. The molecule has 124 valence electrons. The Morgan fingerprint density at radius 3 is 2.71 bits per heavy atom. The topological polar surface area (TPSA) is 47.0 Å². The molecule has 0 saturated carbocycles. The molecule has 0 aliphatic heterocycles. The van der Waals surface area contributed by atoms with Gasteiger partial charge in [0.25, 0.3) is 0 Å². The number of benzene rings is 1. The summed E-state index contributed by atoms with van der Waals surface area (Å²) in [7, 11) is 0. The van der Waals surface area contributed by atoms with Crippen molar-refractivity contribution in [2.75, 3.05) is 18.5 Å². The van der Waals surface area contributed by atoms with Crippen LogP contribution in [0.25, 0.3) is 10.9 Å². The summed E-state index contributed by atoms with van der Waals surface area (Å²) in [5.41, 5.74) is 0.297. The number of pyridine rings is 2. The summed E-state index contributed by atoms with van der Waals surface area (Å²) in [6.07, 6.45) is 0.369. The first-order valence-electron chi connectivity index (χ1n) is 7.27. The van der Waals surface area contributed by atoms with E-state index in [-0.39, 0.29) is 0 Å². The summed E-state index contributed by atoms with van der Waals surface area (Å²) in [4.78, 5) is 7.96. The number of fused-ring (bicyclic) bond motifs is 1. The van der Waals surface area contributed by atoms with Gasteiger partial charge < -0.3 is 10.1 Å². The molecule has 0 aliphatic carbocycles. The van der Waals surface area contributed by atoms with E-state index in [1.54, 1.807) is 30.6 Å². The third-order valence-electron chi connectivity index (χ3n) is 3.39. The molecule has 0 aliphatic rings. The second-order valence-corrected chi connectivity index (χ2v) is 5.05. The molecule has 24 heavy (non-hydrogen) atoms. The number of anilines is 1. The van der Waals surface area contributed by atoms with Crippen LogP contribution in [-0.2, 0) is 6.18 Å². The Bertz CT molecular complexity index is 822. The van der Waals surface area contributed by atoms with Crippen molar-refractivity contribution < 1.29 is 17.9 Å². The lowest BCUT2D eigenvalue weighted by atomic mass is 10.1. The molecule has 2 aromatic heterocycles. The maximum absolute atomic E-state index is 12.8. The number of aromatic nitrogens is 2. The van der Waals surface area contributed by atoms with Crippen molar-refractivity contribution >= 4 is 16.6 Å². The Balaban J connectivity index is 1.68. The van der Waals surface area contributed by atoms with Crippen molar-refractivity contribution in [2.45, 2.75) is 6.18 Å². The molecule has 7 heteroatoms. The quantitative estimate of drug-likeness (QED) is 0.713. The predicted molar refractivity (Wildman–Crippen MR) is 85.0 cm³/mol. The first kappa shape index (κ1) is 16.0. The summed E-state index contributed by atoms with van der Waals surface area (Å²) >= 11 is 0. The SMILES string of the molecule is FC(F)(F)c1ccc2c(NCCOc3cccnc3)ccnc2c1. The number of hydrogen-bond donors (Lipinski definition) is 1. The van der Waals surface area contributed by atoms with Gasteiger partial charge in [0, 0.05) is 30.0 Å². The number of hydrogen-bond acceptors (Lipinski definition) is 4. The van der Waals surface area contributed by atoms with Crippen molar-refractivity contribution in [3.8, 4) is 5.75 Å². The Morgan fingerprint density at radius 2 is 1.96 bits per heavy atom. The minimum atomic E-state index is -4.38. The fraction of sp³-hybridized carbons (Fsp3) is 0.176. The molecule has 0 amide bonds. The largest absolute Gasteiger partial charge is 0.490 e. The van der Waals surface area contributed by atoms with Gasteiger partial charge in [0.15, 0.2) is 0 Å². The third-order valence-corrected chi connectivity index (χ3v) is 3.39. The van der Waals surface area contributed by atoms with E-state index in [0.29, 0.717) is 35.5 Å². The van der Waals surface area contributed by atoms with Gasteiger partial charge >= 0.3 is 6.18 Å². The van der Waals surface area contributed by atoms with Gasteiger partial charge in [-0.2, -0.15) is 13.2 Å². The number of alkyl halides is 3. The number of rotatable bonds is 5. The minimum absolute atomic E-state index is 0.294. The summed E-state index contributed by atoms with van der Waals surface area (Å²) in [5, 5.41) is 3.78. The maximum atomic E-state index is 12.8. The standard InChI is InChI=1S/C17H14F3N3O/c18-17(19,20)12-3-4-14-15(5-7-22-16(14)10-12)23-8-9-24-13-2-1-6-21-11-13/h1-7,10-11H,8-9H2,(H,22,23). The lowest BCUT2D eigenvalue weighted by Gasteiger charge is -2.12. The fourth-order valence-electron chi connectivity index (χ4n) is 2.27. The smallest absolute Gasteiger partial charge is 0.416 e. The molecule has 2 heterocycles. The van der Waals surface area contributed by atoms with E-state index in [9.17, 15) is 13.2 Å². The average molecular weight is 333 g/mol. The number of nitrogens with one attached hydrogen (secondary N) is 1. The second kappa shape index (κ2) is 6.74. The monoisotopic (exact) mass is 333 g/mol. The van der Waals surface area contributed by atoms with Gasteiger partial charge in [-0.3, -0.25) is 9.97 Å². The van der Waals surface area contributed by atoms with Crippen molar-refractivity contribution in [3.63, 3.8) is 0 Å². The molecule has 3 aromatic rings. The highest BCUT2D eigenvalue weighted by Crippen LogP contribution is 2.32. The zero-order chi connectivity index (χ0) is 17.0. The van der Waals surface area contributed by atoms with Crippen molar-refractivity contribution in [1.29, 1.82) is 0 Å². The zero-order valence-corrected chi connectivity index (χ0v) is 12.5. The molecular formula is C17H14F3N3O. The highest BCUT2D eigenvalue weighted by atomic mass is 19.4. The molecule has 0 unspecified atom stereocenters. The summed E-state index contributed by atoms with van der Waals surface area (Å²) in [6.45, 7) is 0.894.